The molecule has 49 heavy (non-hydrogen) atoms. The molecule has 0 saturated carbocycles. The number of nitrogens with zero attached hydrogens (tertiary/aromatic N) is 2. The predicted molar refractivity (Wildman–Crippen MR) is 208 cm³/mol. The lowest BCUT2D eigenvalue weighted by atomic mass is 9.95. The molecule has 0 aliphatic heterocycles. The summed E-state index contributed by atoms with van der Waals surface area (Å²) in [5.41, 5.74) is 11.0. The summed E-state index contributed by atoms with van der Waals surface area (Å²) in [6.45, 7) is 0. The van der Waals surface area contributed by atoms with E-state index in [1.165, 1.54) is 32.7 Å². The second kappa shape index (κ2) is 12.3. The molecule has 8 aromatic carbocycles. The third-order valence-electron chi connectivity index (χ3n) is 9.41. The van der Waals surface area contributed by atoms with E-state index in [9.17, 15) is 0 Å². The minimum Gasteiger partial charge on any atom is -0.310 e. The van der Waals surface area contributed by atoms with Crippen LogP contribution >= 0.6 is 0 Å². The van der Waals surface area contributed by atoms with Crippen molar-refractivity contribution in [3.8, 4) is 33.5 Å². The Hall–Kier alpha value is -6.51. The van der Waals surface area contributed by atoms with E-state index >= 15 is 0 Å². The van der Waals surface area contributed by atoms with Gasteiger partial charge in [0.25, 0.3) is 0 Å². The predicted octanol–water partition coefficient (Wildman–Crippen LogP) is 13.0. The molecule has 0 spiro atoms. The number of pyridine rings is 1. The van der Waals surface area contributed by atoms with Gasteiger partial charge in [-0.05, 0) is 92.8 Å². The summed E-state index contributed by atoms with van der Waals surface area (Å²) in [4.78, 5) is 7.56. The maximum Gasteiger partial charge on any atom is 0.0788 e. The molecule has 0 N–H and O–H groups in total. The Morgan fingerprint density at radius 2 is 0.816 bits per heavy atom. The van der Waals surface area contributed by atoms with E-state index in [4.69, 9.17) is 4.98 Å². The summed E-state index contributed by atoms with van der Waals surface area (Å²) < 4.78 is 0. The molecule has 0 atom stereocenters. The van der Waals surface area contributed by atoms with Crippen LogP contribution in [-0.2, 0) is 0 Å². The second-order valence-electron chi connectivity index (χ2n) is 12.5. The Morgan fingerprint density at radius 1 is 0.306 bits per heavy atom. The molecule has 230 valence electrons. The van der Waals surface area contributed by atoms with Gasteiger partial charge >= 0.3 is 0 Å². The van der Waals surface area contributed by atoms with Crippen LogP contribution in [0.15, 0.2) is 194 Å². The highest BCUT2D eigenvalue weighted by Crippen LogP contribution is 2.39. The highest BCUT2D eigenvalue weighted by molar-refractivity contribution is 5.94. The lowest BCUT2D eigenvalue weighted by Crippen LogP contribution is -2.09. The fourth-order valence-electron chi connectivity index (χ4n) is 6.88. The Balaban J connectivity index is 1.12. The van der Waals surface area contributed by atoms with Crippen LogP contribution in [0, 0.1) is 0 Å². The smallest absolute Gasteiger partial charge is 0.0788 e. The fraction of sp³-hybridized carbons (Fsp3) is 0. The first kappa shape index (κ1) is 28.7. The van der Waals surface area contributed by atoms with Gasteiger partial charge in [0.2, 0.25) is 0 Å². The molecule has 2 heteroatoms. The molecule has 0 aliphatic carbocycles. The number of fused-ring (bicyclic) bond motifs is 3. The van der Waals surface area contributed by atoms with Gasteiger partial charge in [-0.1, -0.05) is 140 Å². The first-order valence-electron chi connectivity index (χ1n) is 16.7. The summed E-state index contributed by atoms with van der Waals surface area (Å²) in [6.07, 6.45) is 0. The Kier molecular flexibility index (Phi) is 7.18. The van der Waals surface area contributed by atoms with Crippen LogP contribution < -0.4 is 4.90 Å². The van der Waals surface area contributed by atoms with Crippen molar-refractivity contribution in [2.75, 3.05) is 4.90 Å². The highest BCUT2D eigenvalue weighted by atomic mass is 15.1. The van der Waals surface area contributed by atoms with Crippen molar-refractivity contribution < 1.29 is 0 Å². The molecule has 0 saturated heterocycles. The third-order valence-corrected chi connectivity index (χ3v) is 9.41. The van der Waals surface area contributed by atoms with Crippen molar-refractivity contribution in [3.63, 3.8) is 0 Å². The van der Waals surface area contributed by atoms with Crippen molar-refractivity contribution in [1.82, 2.24) is 4.98 Å². The summed E-state index contributed by atoms with van der Waals surface area (Å²) in [5.74, 6) is 0. The van der Waals surface area contributed by atoms with Gasteiger partial charge in [0.05, 0.1) is 11.2 Å². The van der Waals surface area contributed by atoms with Gasteiger partial charge in [-0.3, -0.25) is 0 Å². The van der Waals surface area contributed by atoms with Crippen molar-refractivity contribution in [1.29, 1.82) is 0 Å². The fourth-order valence-corrected chi connectivity index (χ4v) is 6.88. The molecule has 1 aromatic heterocycles. The molecule has 9 rings (SSSR count). The van der Waals surface area contributed by atoms with Crippen LogP contribution in [0.5, 0.6) is 0 Å². The topological polar surface area (TPSA) is 16.1 Å². The molecule has 0 radical (unpaired) electrons. The summed E-state index contributed by atoms with van der Waals surface area (Å²) in [6, 6.07) is 69.3. The molecule has 0 unspecified atom stereocenters. The van der Waals surface area contributed by atoms with Gasteiger partial charge < -0.3 is 4.90 Å². The monoisotopic (exact) mass is 624 g/mol. The Labute approximate surface area is 286 Å². The van der Waals surface area contributed by atoms with Crippen LogP contribution in [-0.4, -0.2) is 4.98 Å². The van der Waals surface area contributed by atoms with E-state index in [1.54, 1.807) is 0 Å². The van der Waals surface area contributed by atoms with E-state index < -0.39 is 0 Å². The average molecular weight is 625 g/mol. The molecule has 9 aromatic rings. The molecule has 2 nitrogen and oxygen atoms in total. The maximum absolute atomic E-state index is 5.25. The average Bonchev–Trinajstić information content (AvgIpc) is 3.18. The largest absolute Gasteiger partial charge is 0.310 e. The number of hydrogen-bond acceptors (Lipinski definition) is 2. The number of para-hydroxylation sites is 2. The van der Waals surface area contributed by atoms with E-state index in [2.05, 4.69) is 199 Å². The normalized spacial score (nSPS) is 11.3. The minimum absolute atomic E-state index is 0.973. The molecule has 0 aliphatic rings. The van der Waals surface area contributed by atoms with Crippen LogP contribution in [0.4, 0.5) is 17.1 Å². The number of benzene rings is 8. The lowest BCUT2D eigenvalue weighted by Gasteiger charge is -2.26. The first-order valence-corrected chi connectivity index (χ1v) is 16.7. The van der Waals surface area contributed by atoms with Gasteiger partial charge in [0, 0.05) is 33.6 Å². The van der Waals surface area contributed by atoms with Crippen molar-refractivity contribution in [2.45, 2.75) is 0 Å². The van der Waals surface area contributed by atoms with Crippen LogP contribution in [0.2, 0.25) is 0 Å². The Morgan fingerprint density at radius 3 is 1.55 bits per heavy atom. The zero-order chi connectivity index (χ0) is 32.6. The van der Waals surface area contributed by atoms with Gasteiger partial charge in [-0.15, -0.1) is 0 Å². The molecule has 0 fully saturated rings. The maximum atomic E-state index is 5.25. The van der Waals surface area contributed by atoms with Crippen LogP contribution in [0.25, 0.3) is 66.0 Å². The van der Waals surface area contributed by atoms with E-state index in [-0.39, 0.29) is 0 Å². The number of hydrogen-bond donors (Lipinski definition) is 0. The molecule has 0 amide bonds. The minimum atomic E-state index is 0.973. The van der Waals surface area contributed by atoms with Crippen LogP contribution in [0.1, 0.15) is 0 Å². The van der Waals surface area contributed by atoms with Crippen molar-refractivity contribution in [2.24, 2.45) is 0 Å². The van der Waals surface area contributed by atoms with Crippen LogP contribution in [0.3, 0.4) is 0 Å². The Bertz CT molecular complexity index is 2590. The van der Waals surface area contributed by atoms with Crippen molar-refractivity contribution in [3.05, 3.63) is 194 Å². The first-order chi connectivity index (χ1) is 24.3. The summed E-state index contributed by atoms with van der Waals surface area (Å²) >= 11 is 0. The number of anilines is 3. The van der Waals surface area contributed by atoms with E-state index in [0.29, 0.717) is 0 Å². The molecular weight excluding hydrogens is 593 g/mol. The molecule has 1 heterocycles. The lowest BCUT2D eigenvalue weighted by molar-refractivity contribution is 1.29. The molecule has 0 bridgehead atoms. The van der Waals surface area contributed by atoms with Gasteiger partial charge in [0.15, 0.2) is 0 Å². The number of rotatable bonds is 6. The standard InChI is InChI=1S/C47H32N2/c1-2-15-42(16-3-1)49(44-29-24-34-11-5-7-13-39(34)31-44)43-27-25-37(26-28-43)47-45(32-41-14-8-9-17-46(41)48-47)36-21-18-35(19-22-36)40-23-20-33-10-4-6-12-38(33)30-40/h1-32H. The summed E-state index contributed by atoms with van der Waals surface area (Å²) in [7, 11) is 0. The van der Waals surface area contributed by atoms with Crippen molar-refractivity contribution >= 4 is 49.5 Å². The van der Waals surface area contributed by atoms with Gasteiger partial charge in [-0.25, -0.2) is 4.98 Å². The van der Waals surface area contributed by atoms with Gasteiger partial charge in [0.1, 0.15) is 0 Å². The zero-order valence-electron chi connectivity index (χ0n) is 26.9. The molecular formula is C47H32N2. The quantitative estimate of drug-likeness (QED) is 0.183. The number of aromatic nitrogens is 1. The zero-order valence-corrected chi connectivity index (χ0v) is 26.9. The van der Waals surface area contributed by atoms with E-state index in [1.807, 2.05) is 0 Å². The van der Waals surface area contributed by atoms with E-state index in [0.717, 1.165) is 50.3 Å². The SMILES string of the molecule is c1ccc(N(c2ccc(-c3nc4ccccc4cc3-c3ccc(-c4ccc5ccccc5c4)cc3)cc2)c2ccc3ccccc3c2)cc1. The second-order valence-corrected chi connectivity index (χ2v) is 12.5. The highest BCUT2D eigenvalue weighted by Gasteiger charge is 2.16. The van der Waals surface area contributed by atoms with Gasteiger partial charge in [-0.2, -0.15) is 0 Å². The summed E-state index contributed by atoms with van der Waals surface area (Å²) in [5, 5.41) is 6.08. The third kappa shape index (κ3) is 5.50.